The molecule has 0 saturated carbocycles. The summed E-state index contributed by atoms with van der Waals surface area (Å²) in [5.74, 6) is 0.278. The van der Waals surface area contributed by atoms with E-state index in [0.29, 0.717) is 41.5 Å². The van der Waals surface area contributed by atoms with Gasteiger partial charge in [-0.3, -0.25) is 9.59 Å². The molecule has 35 heavy (non-hydrogen) atoms. The third-order valence-corrected chi connectivity index (χ3v) is 6.88. The zero-order chi connectivity index (χ0) is 25.2. The summed E-state index contributed by atoms with van der Waals surface area (Å²) in [6.45, 7) is 0. The highest BCUT2D eigenvalue weighted by molar-refractivity contribution is 7.99. The van der Waals surface area contributed by atoms with Crippen LogP contribution >= 0.6 is 23.1 Å². The van der Waals surface area contributed by atoms with Crippen LogP contribution in [0.4, 0.5) is 13.2 Å². The van der Waals surface area contributed by atoms with Gasteiger partial charge in [-0.15, -0.1) is 11.3 Å². The fraction of sp³-hybridized carbons (Fsp3) is 0.273. The zero-order valence-electron chi connectivity index (χ0n) is 18.5. The molecule has 1 aromatic carbocycles. The number of thioether (sulfide) groups is 1. The molecule has 3 heterocycles. The number of aromatic amines is 1. The van der Waals surface area contributed by atoms with E-state index in [2.05, 4.69) is 15.1 Å². The van der Waals surface area contributed by atoms with Gasteiger partial charge in [-0.05, 0) is 29.1 Å². The molecule has 0 aliphatic carbocycles. The van der Waals surface area contributed by atoms with Crippen molar-refractivity contribution in [3.63, 3.8) is 0 Å². The molecule has 1 aliphatic heterocycles. The summed E-state index contributed by atoms with van der Waals surface area (Å²) in [4.78, 5) is 31.4. The molecule has 3 aromatic rings. The molecule has 184 valence electrons. The first-order valence-electron chi connectivity index (χ1n) is 10.2. The molecule has 2 aromatic heterocycles. The van der Waals surface area contributed by atoms with Gasteiger partial charge in [-0.25, -0.2) is 9.99 Å². The van der Waals surface area contributed by atoms with Crippen molar-refractivity contribution in [1.29, 1.82) is 0 Å². The summed E-state index contributed by atoms with van der Waals surface area (Å²) in [5, 5.41) is 7.44. The van der Waals surface area contributed by atoms with Crippen LogP contribution in [0.15, 0.2) is 56.8 Å². The SMILES string of the molecule is COc1ccc([C@@H]2CC(c3cccs3)=NN2C(=O)CSc2nc(C(F)(F)F)cc(=O)[nH]2)cc1OC. The van der Waals surface area contributed by atoms with E-state index in [0.717, 1.165) is 10.4 Å². The van der Waals surface area contributed by atoms with Crippen LogP contribution in [0.5, 0.6) is 11.5 Å². The van der Waals surface area contributed by atoms with Crippen molar-refractivity contribution in [2.45, 2.75) is 23.8 Å². The van der Waals surface area contributed by atoms with E-state index in [4.69, 9.17) is 9.47 Å². The number of hydrogen-bond donors (Lipinski definition) is 1. The molecule has 0 saturated heterocycles. The van der Waals surface area contributed by atoms with Crippen LogP contribution in [0.3, 0.4) is 0 Å². The number of hydrogen-bond acceptors (Lipinski definition) is 8. The van der Waals surface area contributed by atoms with E-state index in [1.807, 2.05) is 17.5 Å². The van der Waals surface area contributed by atoms with Crippen LogP contribution in [0.2, 0.25) is 0 Å². The molecule has 1 aliphatic rings. The fourth-order valence-electron chi connectivity index (χ4n) is 3.50. The van der Waals surface area contributed by atoms with Gasteiger partial charge in [-0.1, -0.05) is 23.9 Å². The molecule has 0 fully saturated rings. The summed E-state index contributed by atoms with van der Waals surface area (Å²) < 4.78 is 49.6. The van der Waals surface area contributed by atoms with Crippen molar-refractivity contribution in [1.82, 2.24) is 15.0 Å². The Hall–Kier alpha value is -3.32. The summed E-state index contributed by atoms with van der Waals surface area (Å²) >= 11 is 2.19. The fourth-order valence-corrected chi connectivity index (χ4v) is 4.95. The second kappa shape index (κ2) is 10.1. The summed E-state index contributed by atoms with van der Waals surface area (Å²) in [5.41, 5.74) is -0.811. The van der Waals surface area contributed by atoms with Gasteiger partial charge >= 0.3 is 6.18 Å². The molecule has 13 heteroatoms. The number of thiophene rings is 1. The Bertz CT molecular complexity index is 1310. The van der Waals surface area contributed by atoms with Crippen molar-refractivity contribution in [2.24, 2.45) is 5.10 Å². The number of nitrogens with zero attached hydrogens (tertiary/aromatic N) is 3. The van der Waals surface area contributed by atoms with Crippen molar-refractivity contribution in [2.75, 3.05) is 20.0 Å². The molecule has 0 spiro atoms. The zero-order valence-corrected chi connectivity index (χ0v) is 20.1. The van der Waals surface area contributed by atoms with E-state index >= 15 is 0 Å². The Morgan fingerprint density at radius 3 is 2.66 bits per heavy atom. The minimum Gasteiger partial charge on any atom is -0.493 e. The lowest BCUT2D eigenvalue weighted by molar-refractivity contribution is -0.141. The standard InChI is InChI=1S/C22H19F3N4O4S2/c1-32-15-6-5-12(8-16(15)33-2)14-9-13(17-4-3-7-34-17)28-29(14)20(31)11-35-21-26-18(22(23,24)25)10-19(30)27-21/h3-8,10,14H,9,11H2,1-2H3,(H,26,27,30)/t14-/m0/s1. The molecule has 0 bridgehead atoms. The Morgan fingerprint density at radius 2 is 2.00 bits per heavy atom. The summed E-state index contributed by atoms with van der Waals surface area (Å²) in [6, 6.07) is 8.98. The maximum atomic E-state index is 13.2. The number of benzene rings is 1. The molecule has 1 N–H and O–H groups in total. The highest BCUT2D eigenvalue weighted by atomic mass is 32.2. The lowest BCUT2D eigenvalue weighted by atomic mass is 10.0. The molecule has 4 rings (SSSR count). The third kappa shape index (κ3) is 5.51. The molecule has 1 atom stereocenters. The second-order valence-corrected chi connectivity index (χ2v) is 9.23. The molecule has 8 nitrogen and oxygen atoms in total. The largest absolute Gasteiger partial charge is 0.493 e. The maximum absolute atomic E-state index is 13.2. The predicted octanol–water partition coefficient (Wildman–Crippen LogP) is 4.34. The predicted molar refractivity (Wildman–Crippen MR) is 125 cm³/mol. The van der Waals surface area contributed by atoms with Crippen molar-refractivity contribution in [3.8, 4) is 11.5 Å². The number of nitrogens with one attached hydrogen (secondary N) is 1. The van der Waals surface area contributed by atoms with Gasteiger partial charge in [0, 0.05) is 12.5 Å². The molecular formula is C22H19F3N4O4S2. The van der Waals surface area contributed by atoms with Crippen LogP contribution < -0.4 is 15.0 Å². The second-order valence-electron chi connectivity index (χ2n) is 7.32. The van der Waals surface area contributed by atoms with Gasteiger partial charge in [0.25, 0.3) is 11.5 Å². The van der Waals surface area contributed by atoms with Gasteiger partial charge in [-0.2, -0.15) is 18.3 Å². The van der Waals surface area contributed by atoms with E-state index in [1.54, 1.807) is 18.2 Å². The number of carbonyl (C=O) groups excluding carboxylic acids is 1. The number of amides is 1. The minimum absolute atomic E-state index is 0.282. The number of halogens is 3. The van der Waals surface area contributed by atoms with Crippen LogP contribution in [-0.4, -0.2) is 46.6 Å². The van der Waals surface area contributed by atoms with E-state index in [-0.39, 0.29) is 10.9 Å². The number of ether oxygens (including phenoxy) is 2. The number of aromatic nitrogens is 2. The first-order chi connectivity index (χ1) is 16.7. The highest BCUT2D eigenvalue weighted by Crippen LogP contribution is 2.38. The normalized spacial score (nSPS) is 15.7. The highest BCUT2D eigenvalue weighted by Gasteiger charge is 2.35. The Morgan fingerprint density at radius 1 is 1.23 bits per heavy atom. The van der Waals surface area contributed by atoms with Gasteiger partial charge < -0.3 is 14.5 Å². The van der Waals surface area contributed by atoms with Gasteiger partial charge in [0.05, 0.1) is 36.6 Å². The van der Waals surface area contributed by atoms with Gasteiger partial charge in [0.15, 0.2) is 22.3 Å². The van der Waals surface area contributed by atoms with Crippen molar-refractivity contribution >= 4 is 34.7 Å². The average molecular weight is 525 g/mol. The lowest BCUT2D eigenvalue weighted by Crippen LogP contribution is -2.29. The Labute approximate surface area is 205 Å². The van der Waals surface area contributed by atoms with Crippen LogP contribution in [0, 0.1) is 0 Å². The number of rotatable bonds is 7. The number of carbonyl (C=O) groups is 1. The van der Waals surface area contributed by atoms with Crippen LogP contribution in [-0.2, 0) is 11.0 Å². The van der Waals surface area contributed by atoms with Crippen LogP contribution in [0.1, 0.15) is 28.6 Å². The summed E-state index contributed by atoms with van der Waals surface area (Å²) in [7, 11) is 3.02. The number of alkyl halides is 3. The minimum atomic E-state index is -4.78. The van der Waals surface area contributed by atoms with Crippen LogP contribution in [0.25, 0.3) is 0 Å². The first kappa shape index (κ1) is 24.8. The molecular weight excluding hydrogens is 505 g/mol. The maximum Gasteiger partial charge on any atom is 0.433 e. The number of methoxy groups -OCH3 is 2. The molecule has 0 unspecified atom stereocenters. The topological polar surface area (TPSA) is 96.9 Å². The quantitative estimate of drug-likeness (QED) is 0.365. The van der Waals surface area contributed by atoms with E-state index in [1.165, 1.54) is 30.6 Å². The van der Waals surface area contributed by atoms with Crippen molar-refractivity contribution in [3.05, 3.63) is 68.3 Å². The van der Waals surface area contributed by atoms with E-state index < -0.39 is 29.4 Å². The van der Waals surface area contributed by atoms with E-state index in [9.17, 15) is 22.8 Å². The van der Waals surface area contributed by atoms with Gasteiger partial charge in [0.2, 0.25) is 0 Å². The third-order valence-electron chi connectivity index (χ3n) is 5.11. The lowest BCUT2D eigenvalue weighted by Gasteiger charge is -2.22. The Kier molecular flexibility index (Phi) is 7.17. The molecule has 1 amide bonds. The summed E-state index contributed by atoms with van der Waals surface area (Å²) in [6.07, 6.45) is -4.34. The first-order valence-corrected chi connectivity index (χ1v) is 12.0. The smallest absolute Gasteiger partial charge is 0.433 e. The Balaban J connectivity index is 1.60. The number of H-pyrrole nitrogens is 1. The molecule has 0 radical (unpaired) electrons. The van der Waals surface area contributed by atoms with Crippen molar-refractivity contribution < 1.29 is 27.4 Å². The number of hydrazone groups is 1. The average Bonchev–Trinajstić information content (AvgIpc) is 3.51. The van der Waals surface area contributed by atoms with Gasteiger partial charge in [0.1, 0.15) is 0 Å². The monoisotopic (exact) mass is 524 g/mol.